The van der Waals surface area contributed by atoms with Crippen LogP contribution in [0, 0.1) is 11.8 Å². The minimum absolute atomic E-state index is 0.0333. The topological polar surface area (TPSA) is 69.2 Å². The van der Waals surface area contributed by atoms with Crippen LogP contribution in [-0.4, -0.2) is 35.4 Å². The standard InChI is InChI=1S/C23H31N5O2/c1-4-17-10-8-14-22(28-23(29)27(3)25-26-28)21(17)15-30-24-16(2)19-13-7-11-18-9-5-6-12-20(18)19/h7-8,10-11,13-14,17,21,25-26H,4-6,9,12,15H2,1-3H3/b24-16-. The molecule has 30 heavy (non-hydrogen) atoms. The number of urea groups is 1. The number of hydrazine groups is 3. The van der Waals surface area contributed by atoms with Gasteiger partial charge in [0.05, 0.1) is 5.71 Å². The molecule has 160 valence electrons. The largest absolute Gasteiger partial charge is 0.395 e. The first kappa shape index (κ1) is 20.6. The van der Waals surface area contributed by atoms with Gasteiger partial charge in [-0.2, -0.15) is 0 Å². The molecule has 1 heterocycles. The zero-order valence-electron chi connectivity index (χ0n) is 18.0. The monoisotopic (exact) mass is 409 g/mol. The zero-order valence-corrected chi connectivity index (χ0v) is 18.0. The van der Waals surface area contributed by atoms with Crippen LogP contribution in [0.25, 0.3) is 0 Å². The van der Waals surface area contributed by atoms with E-state index >= 15 is 0 Å². The van der Waals surface area contributed by atoms with Crippen molar-refractivity contribution in [1.29, 1.82) is 0 Å². The van der Waals surface area contributed by atoms with Crippen molar-refractivity contribution in [3.8, 4) is 0 Å². The molecule has 0 aromatic heterocycles. The molecule has 1 aromatic carbocycles. The van der Waals surface area contributed by atoms with E-state index < -0.39 is 0 Å². The number of amides is 2. The zero-order chi connectivity index (χ0) is 21.1. The van der Waals surface area contributed by atoms with Gasteiger partial charge in [-0.1, -0.05) is 42.4 Å². The minimum atomic E-state index is -0.146. The number of nitrogens with one attached hydrogen (secondary N) is 2. The van der Waals surface area contributed by atoms with Gasteiger partial charge in [-0.25, -0.2) is 14.8 Å². The molecule has 1 saturated heterocycles. The van der Waals surface area contributed by atoms with Gasteiger partial charge in [0.15, 0.2) is 0 Å². The molecular weight excluding hydrogens is 378 g/mol. The van der Waals surface area contributed by atoms with Gasteiger partial charge in [0.25, 0.3) is 0 Å². The number of carbonyl (C=O) groups is 1. The van der Waals surface area contributed by atoms with Crippen LogP contribution in [0.15, 0.2) is 47.3 Å². The van der Waals surface area contributed by atoms with Crippen LogP contribution < -0.4 is 11.1 Å². The van der Waals surface area contributed by atoms with Crippen molar-refractivity contribution in [3.05, 3.63) is 58.8 Å². The Balaban J connectivity index is 1.49. The Morgan fingerprint density at radius 2 is 2.10 bits per heavy atom. The molecule has 4 rings (SSSR count). The summed E-state index contributed by atoms with van der Waals surface area (Å²) < 4.78 is 0. The van der Waals surface area contributed by atoms with Crippen molar-refractivity contribution in [2.45, 2.75) is 46.0 Å². The minimum Gasteiger partial charge on any atom is -0.395 e. The lowest BCUT2D eigenvalue weighted by molar-refractivity contribution is 0.0889. The van der Waals surface area contributed by atoms with E-state index in [-0.39, 0.29) is 17.9 Å². The molecule has 1 aliphatic heterocycles. The van der Waals surface area contributed by atoms with Crippen LogP contribution in [0.3, 0.4) is 0 Å². The molecule has 2 N–H and O–H groups in total. The molecule has 2 amide bonds. The molecule has 1 fully saturated rings. The summed E-state index contributed by atoms with van der Waals surface area (Å²) >= 11 is 0. The number of allylic oxidation sites excluding steroid dienone is 3. The van der Waals surface area contributed by atoms with Crippen molar-refractivity contribution in [1.82, 2.24) is 21.1 Å². The van der Waals surface area contributed by atoms with Gasteiger partial charge in [0, 0.05) is 24.2 Å². The van der Waals surface area contributed by atoms with Crippen LogP contribution in [0.1, 0.15) is 49.8 Å². The first-order valence-electron chi connectivity index (χ1n) is 10.8. The van der Waals surface area contributed by atoms with Crippen molar-refractivity contribution in [3.63, 3.8) is 0 Å². The summed E-state index contributed by atoms with van der Waals surface area (Å²) in [6.45, 7) is 4.58. The lowest BCUT2D eigenvalue weighted by atomic mass is 9.84. The molecule has 0 radical (unpaired) electrons. The van der Waals surface area contributed by atoms with Crippen molar-refractivity contribution in [2.24, 2.45) is 17.0 Å². The SMILES string of the molecule is CCC1C=CC=C(N2NNN(C)C2=O)C1CO/N=C(/C)c1cccc2c1CCCC2. The normalized spacial score (nSPS) is 24.2. The number of carbonyl (C=O) groups excluding carboxylic acids is 1. The summed E-state index contributed by atoms with van der Waals surface area (Å²) in [4.78, 5) is 18.3. The Bertz CT molecular complexity index is 892. The van der Waals surface area contributed by atoms with Gasteiger partial charge in [0.2, 0.25) is 0 Å². The number of hydrogen-bond acceptors (Lipinski definition) is 5. The third-order valence-corrected chi connectivity index (χ3v) is 6.30. The molecule has 0 saturated carbocycles. The summed E-state index contributed by atoms with van der Waals surface area (Å²) in [5.74, 6) is 0.316. The second-order valence-corrected chi connectivity index (χ2v) is 8.18. The molecule has 7 heteroatoms. The first-order valence-corrected chi connectivity index (χ1v) is 10.8. The fourth-order valence-electron chi connectivity index (χ4n) is 4.57. The highest BCUT2D eigenvalue weighted by molar-refractivity contribution is 6.00. The molecule has 3 aliphatic rings. The number of oxime groups is 1. The second kappa shape index (κ2) is 9.02. The molecule has 0 spiro atoms. The molecule has 0 bridgehead atoms. The van der Waals surface area contributed by atoms with Crippen molar-refractivity contribution >= 4 is 11.7 Å². The Morgan fingerprint density at radius 1 is 1.27 bits per heavy atom. The Kier molecular flexibility index (Phi) is 6.20. The summed E-state index contributed by atoms with van der Waals surface area (Å²) in [7, 11) is 1.69. The third kappa shape index (κ3) is 4.00. The van der Waals surface area contributed by atoms with Gasteiger partial charge < -0.3 is 4.84 Å². The quantitative estimate of drug-likeness (QED) is 0.555. The summed E-state index contributed by atoms with van der Waals surface area (Å²) in [6.07, 6.45) is 11.9. The van der Waals surface area contributed by atoms with E-state index in [0.717, 1.165) is 30.7 Å². The van der Waals surface area contributed by atoms with Gasteiger partial charge in [-0.15, -0.1) is 11.1 Å². The Morgan fingerprint density at radius 3 is 2.87 bits per heavy atom. The Labute approximate surface area is 178 Å². The Hall–Kier alpha value is -2.64. The highest BCUT2D eigenvalue weighted by Gasteiger charge is 2.36. The van der Waals surface area contributed by atoms with Gasteiger partial charge in [0.1, 0.15) is 6.61 Å². The maximum Gasteiger partial charge on any atom is 0.355 e. The molecule has 2 atom stereocenters. The predicted octanol–water partition coefficient (Wildman–Crippen LogP) is 3.69. The number of rotatable bonds is 6. The smallest absolute Gasteiger partial charge is 0.355 e. The number of aryl methyl sites for hydroxylation is 1. The number of nitrogens with zero attached hydrogens (tertiary/aromatic N) is 3. The lowest BCUT2D eigenvalue weighted by Gasteiger charge is -2.31. The molecule has 2 unspecified atom stereocenters. The maximum atomic E-state index is 12.4. The summed E-state index contributed by atoms with van der Waals surface area (Å²) in [5.41, 5.74) is 11.6. The van der Waals surface area contributed by atoms with Crippen LogP contribution >= 0.6 is 0 Å². The number of benzene rings is 1. The van der Waals surface area contributed by atoms with Gasteiger partial charge in [-0.05, 0) is 62.1 Å². The van der Waals surface area contributed by atoms with E-state index in [1.54, 1.807) is 12.1 Å². The highest BCUT2D eigenvalue weighted by atomic mass is 16.6. The van der Waals surface area contributed by atoms with Crippen LogP contribution in [0.5, 0.6) is 0 Å². The summed E-state index contributed by atoms with van der Waals surface area (Å²) in [6, 6.07) is 6.35. The fraction of sp³-hybridized carbons (Fsp3) is 0.478. The van der Waals surface area contributed by atoms with Crippen LogP contribution in [0.4, 0.5) is 4.79 Å². The van der Waals surface area contributed by atoms with E-state index in [1.165, 1.54) is 34.5 Å². The average Bonchev–Trinajstić information content (AvgIpc) is 3.11. The van der Waals surface area contributed by atoms with Gasteiger partial charge in [-0.3, -0.25) is 0 Å². The van der Waals surface area contributed by atoms with E-state index in [1.807, 2.05) is 19.1 Å². The predicted molar refractivity (Wildman–Crippen MR) is 117 cm³/mol. The van der Waals surface area contributed by atoms with Crippen LogP contribution in [0.2, 0.25) is 0 Å². The van der Waals surface area contributed by atoms with E-state index in [2.05, 4.69) is 47.4 Å². The van der Waals surface area contributed by atoms with Crippen molar-refractivity contribution in [2.75, 3.05) is 13.7 Å². The molecular formula is C23H31N5O2. The number of fused-ring (bicyclic) bond motifs is 1. The van der Waals surface area contributed by atoms with Crippen LogP contribution in [-0.2, 0) is 17.7 Å². The molecule has 2 aliphatic carbocycles. The summed E-state index contributed by atoms with van der Waals surface area (Å²) in [5, 5.41) is 7.44. The first-order chi connectivity index (χ1) is 14.6. The third-order valence-electron chi connectivity index (χ3n) is 6.30. The highest BCUT2D eigenvalue weighted by Crippen LogP contribution is 2.32. The maximum absolute atomic E-state index is 12.4. The average molecular weight is 410 g/mol. The van der Waals surface area contributed by atoms with E-state index in [0.29, 0.717) is 6.61 Å². The van der Waals surface area contributed by atoms with E-state index in [9.17, 15) is 4.79 Å². The lowest BCUT2D eigenvalue weighted by Crippen LogP contribution is -2.41. The molecule has 1 aromatic rings. The van der Waals surface area contributed by atoms with E-state index in [4.69, 9.17) is 4.84 Å². The van der Waals surface area contributed by atoms with Gasteiger partial charge >= 0.3 is 6.03 Å². The van der Waals surface area contributed by atoms with Crippen molar-refractivity contribution < 1.29 is 9.63 Å². The molecule has 7 nitrogen and oxygen atoms in total. The number of hydrogen-bond donors (Lipinski definition) is 2. The fourth-order valence-corrected chi connectivity index (χ4v) is 4.57. The second-order valence-electron chi connectivity index (χ2n) is 8.18.